The van der Waals surface area contributed by atoms with Crippen LogP contribution in [0.4, 0.5) is 0 Å². The first kappa shape index (κ1) is 67.4. The van der Waals surface area contributed by atoms with Gasteiger partial charge in [0.1, 0.15) is 30.5 Å². The summed E-state index contributed by atoms with van der Waals surface area (Å²) in [4.78, 5) is 13.1. The molecular weight excluding hydrogens is 891 g/mol. The third-order valence-corrected chi connectivity index (χ3v) is 14.6. The van der Waals surface area contributed by atoms with Crippen LogP contribution in [0.1, 0.15) is 284 Å². The quantitative estimate of drug-likeness (QED) is 0.0232. The predicted octanol–water partition coefficient (Wildman–Crippen LogP) is 14.1. The van der Waals surface area contributed by atoms with Crippen molar-refractivity contribution in [3.63, 3.8) is 0 Å². The molecule has 1 amide bonds. The van der Waals surface area contributed by atoms with Crippen LogP contribution in [0.25, 0.3) is 0 Å². The van der Waals surface area contributed by atoms with Crippen LogP contribution in [-0.4, -0.2) is 98.7 Å². The monoisotopic (exact) mass is 1010 g/mol. The summed E-state index contributed by atoms with van der Waals surface area (Å²) < 4.78 is 11.2. The molecular formula is C61H115NO9. The lowest BCUT2D eigenvalue weighted by Gasteiger charge is -2.40. The number of carbonyl (C=O) groups excluding carboxylic acids is 1. The van der Waals surface area contributed by atoms with Crippen molar-refractivity contribution in [1.82, 2.24) is 5.32 Å². The van der Waals surface area contributed by atoms with E-state index in [0.29, 0.717) is 6.42 Å². The number of ether oxygens (including phenoxy) is 2. The zero-order chi connectivity index (χ0) is 51.7. The number of hydrogen-bond acceptors (Lipinski definition) is 9. The van der Waals surface area contributed by atoms with E-state index in [2.05, 4.69) is 43.5 Å². The van der Waals surface area contributed by atoms with Gasteiger partial charge < -0.3 is 45.4 Å². The molecule has 10 heteroatoms. The van der Waals surface area contributed by atoms with Gasteiger partial charge in [0.15, 0.2) is 6.29 Å². The summed E-state index contributed by atoms with van der Waals surface area (Å²) in [5, 5.41) is 64.9. The average Bonchev–Trinajstić information content (AvgIpc) is 3.37. The SMILES string of the molecule is CCCCCCCCCCCC/C=C/C(O)C(COC1OC(CO)C(O)C(O)C1O)NC(=O)C(O)CCCCCCCCCCCCCCCCCC/C=C\C/C=C\CCCCCCCCCCCCC. The molecule has 1 saturated heterocycles. The number of rotatable bonds is 52. The molecule has 1 aliphatic rings. The molecule has 0 radical (unpaired) electrons. The second kappa shape index (κ2) is 50.5. The summed E-state index contributed by atoms with van der Waals surface area (Å²) in [6.45, 7) is 3.62. The normalized spacial score (nSPS) is 19.9. The Morgan fingerprint density at radius 3 is 1.25 bits per heavy atom. The van der Waals surface area contributed by atoms with E-state index in [4.69, 9.17) is 9.47 Å². The van der Waals surface area contributed by atoms with Crippen molar-refractivity contribution in [2.75, 3.05) is 13.2 Å². The molecule has 8 atom stereocenters. The Balaban J connectivity index is 2.12. The summed E-state index contributed by atoms with van der Waals surface area (Å²) in [5.74, 6) is -0.614. The van der Waals surface area contributed by atoms with Crippen molar-refractivity contribution in [2.45, 2.75) is 332 Å². The van der Waals surface area contributed by atoms with E-state index in [9.17, 15) is 35.4 Å². The molecule has 0 saturated carbocycles. The second-order valence-corrected chi connectivity index (χ2v) is 21.3. The number of hydrogen-bond donors (Lipinski definition) is 7. The number of unbranched alkanes of at least 4 members (excludes halogenated alkanes) is 37. The van der Waals surface area contributed by atoms with E-state index >= 15 is 0 Å². The zero-order valence-corrected chi connectivity index (χ0v) is 46.1. The number of aliphatic hydroxyl groups is 6. The van der Waals surface area contributed by atoms with Crippen molar-refractivity contribution in [1.29, 1.82) is 0 Å². The van der Waals surface area contributed by atoms with Gasteiger partial charge in [-0.3, -0.25) is 4.79 Å². The lowest BCUT2D eigenvalue weighted by Crippen LogP contribution is -2.60. The standard InChI is InChI=1S/C61H115NO9/c1-3-5-7-9-11-13-15-17-18-19-20-21-22-23-24-25-26-27-28-29-30-31-32-33-34-35-36-37-38-40-42-44-46-48-50-55(65)60(69)62-53(52-70-61-59(68)58(67)57(66)56(51-63)71-61)54(64)49-47-45-43-41-39-16-14-12-10-8-6-4-2/h22-23,25-26,47,49,53-59,61,63-68H,3-21,24,27-46,48,50-52H2,1-2H3,(H,62,69)/b23-22-,26-25-,49-47+. The average molecular weight is 1010 g/mol. The van der Waals surface area contributed by atoms with Crippen LogP contribution in [0.5, 0.6) is 0 Å². The van der Waals surface area contributed by atoms with Crippen LogP contribution in [0.15, 0.2) is 36.5 Å². The summed E-state index contributed by atoms with van der Waals surface area (Å²) in [6, 6.07) is -0.979. The molecule has 0 aromatic rings. The first-order chi connectivity index (χ1) is 34.8. The Morgan fingerprint density at radius 1 is 0.493 bits per heavy atom. The Kier molecular flexibility index (Phi) is 48.0. The van der Waals surface area contributed by atoms with Crippen LogP contribution >= 0.6 is 0 Å². The highest BCUT2D eigenvalue weighted by Crippen LogP contribution is 2.23. The van der Waals surface area contributed by atoms with E-state index < -0.39 is 61.5 Å². The molecule has 8 unspecified atom stereocenters. The number of amides is 1. The fourth-order valence-electron chi connectivity index (χ4n) is 9.67. The predicted molar refractivity (Wildman–Crippen MR) is 296 cm³/mol. The minimum Gasteiger partial charge on any atom is -0.394 e. The minimum absolute atomic E-state index is 0.304. The maximum atomic E-state index is 13.1. The van der Waals surface area contributed by atoms with Gasteiger partial charge in [-0.1, -0.05) is 269 Å². The van der Waals surface area contributed by atoms with E-state index in [1.807, 2.05) is 6.08 Å². The van der Waals surface area contributed by atoms with E-state index in [-0.39, 0.29) is 6.61 Å². The Hall–Kier alpha value is -1.63. The highest BCUT2D eigenvalue weighted by atomic mass is 16.7. The summed E-state index contributed by atoms with van der Waals surface area (Å²) in [6.07, 6.45) is 55.6. The van der Waals surface area contributed by atoms with Crippen LogP contribution < -0.4 is 5.32 Å². The van der Waals surface area contributed by atoms with Crippen molar-refractivity contribution >= 4 is 5.91 Å². The Labute approximate surface area is 436 Å². The van der Waals surface area contributed by atoms with E-state index in [1.165, 1.54) is 212 Å². The molecule has 1 fully saturated rings. The maximum Gasteiger partial charge on any atom is 0.249 e. The van der Waals surface area contributed by atoms with Gasteiger partial charge in [0.05, 0.1) is 25.4 Å². The molecule has 71 heavy (non-hydrogen) atoms. The smallest absolute Gasteiger partial charge is 0.249 e. The van der Waals surface area contributed by atoms with Crippen LogP contribution in [0.3, 0.4) is 0 Å². The molecule has 0 bridgehead atoms. The third kappa shape index (κ3) is 39.5. The Morgan fingerprint density at radius 2 is 0.859 bits per heavy atom. The first-order valence-corrected chi connectivity index (χ1v) is 30.3. The fourth-order valence-corrected chi connectivity index (χ4v) is 9.67. The molecule has 1 aliphatic heterocycles. The molecule has 10 nitrogen and oxygen atoms in total. The van der Waals surface area contributed by atoms with E-state index in [1.54, 1.807) is 6.08 Å². The number of allylic oxidation sites excluding steroid dienone is 5. The maximum absolute atomic E-state index is 13.1. The molecule has 1 rings (SSSR count). The summed E-state index contributed by atoms with van der Waals surface area (Å²) in [7, 11) is 0. The highest BCUT2D eigenvalue weighted by Gasteiger charge is 2.44. The second-order valence-electron chi connectivity index (χ2n) is 21.3. The van der Waals surface area contributed by atoms with Gasteiger partial charge in [0, 0.05) is 0 Å². The van der Waals surface area contributed by atoms with Crippen molar-refractivity contribution in [2.24, 2.45) is 0 Å². The zero-order valence-electron chi connectivity index (χ0n) is 46.1. The van der Waals surface area contributed by atoms with Gasteiger partial charge >= 0.3 is 0 Å². The summed E-state index contributed by atoms with van der Waals surface area (Å²) in [5.41, 5.74) is 0. The van der Waals surface area contributed by atoms with Crippen LogP contribution in [0.2, 0.25) is 0 Å². The van der Waals surface area contributed by atoms with Gasteiger partial charge in [0.2, 0.25) is 5.91 Å². The largest absolute Gasteiger partial charge is 0.394 e. The molecule has 0 aromatic heterocycles. The highest BCUT2D eigenvalue weighted by molar-refractivity contribution is 5.80. The van der Waals surface area contributed by atoms with E-state index in [0.717, 1.165) is 51.4 Å². The summed E-state index contributed by atoms with van der Waals surface area (Å²) >= 11 is 0. The first-order valence-electron chi connectivity index (χ1n) is 30.3. The lowest BCUT2D eigenvalue weighted by atomic mass is 9.99. The van der Waals surface area contributed by atoms with Gasteiger partial charge in [-0.15, -0.1) is 0 Å². The van der Waals surface area contributed by atoms with Gasteiger partial charge in [-0.25, -0.2) is 0 Å². The molecule has 1 heterocycles. The van der Waals surface area contributed by atoms with Crippen molar-refractivity contribution < 1.29 is 44.9 Å². The van der Waals surface area contributed by atoms with Crippen LogP contribution in [0, 0.1) is 0 Å². The number of aliphatic hydroxyl groups excluding tert-OH is 6. The van der Waals surface area contributed by atoms with Gasteiger partial charge in [-0.05, 0) is 51.4 Å². The third-order valence-electron chi connectivity index (χ3n) is 14.6. The van der Waals surface area contributed by atoms with Gasteiger partial charge in [0.25, 0.3) is 0 Å². The fraction of sp³-hybridized carbons (Fsp3) is 0.885. The van der Waals surface area contributed by atoms with Crippen molar-refractivity contribution in [3.05, 3.63) is 36.5 Å². The van der Waals surface area contributed by atoms with Gasteiger partial charge in [-0.2, -0.15) is 0 Å². The number of carbonyl (C=O) groups is 1. The minimum atomic E-state index is -1.61. The number of nitrogens with one attached hydrogen (secondary N) is 1. The molecule has 418 valence electrons. The van der Waals surface area contributed by atoms with Crippen molar-refractivity contribution in [3.8, 4) is 0 Å². The van der Waals surface area contributed by atoms with Crippen LogP contribution in [-0.2, 0) is 14.3 Å². The molecule has 0 aliphatic carbocycles. The molecule has 7 N–H and O–H groups in total. The topological polar surface area (TPSA) is 169 Å². The Bertz CT molecular complexity index is 1230. The molecule has 0 aromatic carbocycles. The lowest BCUT2D eigenvalue weighted by molar-refractivity contribution is -0.302. The molecule has 0 spiro atoms.